The third kappa shape index (κ3) is 4.16. The lowest BCUT2D eigenvalue weighted by Gasteiger charge is -2.21. The van der Waals surface area contributed by atoms with Crippen molar-refractivity contribution in [3.63, 3.8) is 0 Å². The minimum atomic E-state index is -4.63. The second-order valence-corrected chi connectivity index (χ2v) is 4.84. The van der Waals surface area contributed by atoms with Crippen LogP contribution in [-0.2, 0) is 6.18 Å². The molecule has 21 heavy (non-hydrogen) atoms. The molecule has 0 aromatic carbocycles. The van der Waals surface area contributed by atoms with Gasteiger partial charge in [-0.05, 0) is 24.8 Å². The van der Waals surface area contributed by atoms with E-state index in [2.05, 4.69) is 10.4 Å². The van der Waals surface area contributed by atoms with Crippen LogP contribution in [0.5, 0.6) is 0 Å². The Kier molecular flexibility index (Phi) is 4.43. The predicted molar refractivity (Wildman–Crippen MR) is 66.6 cm³/mol. The first kappa shape index (κ1) is 15.3. The van der Waals surface area contributed by atoms with E-state index in [1.807, 2.05) is 6.07 Å². The Morgan fingerprint density at radius 1 is 1.52 bits per heavy atom. The summed E-state index contributed by atoms with van der Waals surface area (Å²) in [5.74, 6) is -0.527. The van der Waals surface area contributed by atoms with E-state index in [0.29, 0.717) is 12.5 Å². The summed E-state index contributed by atoms with van der Waals surface area (Å²) in [6, 6.07) is 2.63. The molecule has 1 aromatic rings. The fraction of sp³-hybridized carbons (Fsp3) is 0.462. The minimum absolute atomic E-state index is 0.0795. The van der Waals surface area contributed by atoms with E-state index in [1.54, 1.807) is 0 Å². The molecule has 1 amide bonds. The number of halogens is 3. The van der Waals surface area contributed by atoms with E-state index in [4.69, 9.17) is 5.26 Å². The second-order valence-electron chi connectivity index (χ2n) is 4.84. The van der Waals surface area contributed by atoms with Crippen molar-refractivity contribution in [2.75, 3.05) is 13.1 Å². The molecule has 1 heterocycles. The molecular formula is C13H13F3N4O. The highest BCUT2D eigenvalue weighted by molar-refractivity contribution is 5.95. The predicted octanol–water partition coefficient (Wildman–Crippen LogP) is 1.98. The lowest BCUT2D eigenvalue weighted by atomic mass is 10.1. The van der Waals surface area contributed by atoms with Gasteiger partial charge in [-0.1, -0.05) is 0 Å². The number of nitrogens with one attached hydrogen (secondary N) is 1. The molecular weight excluding hydrogens is 285 g/mol. The molecule has 5 nitrogen and oxygen atoms in total. The van der Waals surface area contributed by atoms with Crippen LogP contribution < -0.4 is 5.43 Å². The Morgan fingerprint density at radius 2 is 2.24 bits per heavy atom. The van der Waals surface area contributed by atoms with E-state index in [0.717, 1.165) is 31.3 Å². The fourth-order valence-electron chi connectivity index (χ4n) is 1.87. The first-order valence-corrected chi connectivity index (χ1v) is 6.36. The number of nitriles is 1. The number of carbonyl (C=O) groups excluding carboxylic acids is 1. The number of aromatic nitrogens is 1. The number of nitrogens with zero attached hydrogens (tertiary/aromatic N) is 3. The van der Waals surface area contributed by atoms with Gasteiger partial charge in [0, 0.05) is 18.9 Å². The second kappa shape index (κ2) is 6.10. The molecule has 2 rings (SSSR count). The summed E-state index contributed by atoms with van der Waals surface area (Å²) in [6.07, 6.45) is -0.778. The number of alkyl halides is 3. The summed E-state index contributed by atoms with van der Waals surface area (Å²) >= 11 is 0. The van der Waals surface area contributed by atoms with Gasteiger partial charge in [0.2, 0.25) is 0 Å². The van der Waals surface area contributed by atoms with E-state index in [1.165, 1.54) is 5.01 Å². The zero-order valence-electron chi connectivity index (χ0n) is 11.0. The average molecular weight is 298 g/mol. The van der Waals surface area contributed by atoms with Crippen molar-refractivity contribution < 1.29 is 18.0 Å². The average Bonchev–Trinajstić information content (AvgIpc) is 3.22. The van der Waals surface area contributed by atoms with Crippen molar-refractivity contribution in [2.24, 2.45) is 5.92 Å². The Morgan fingerprint density at radius 3 is 2.81 bits per heavy atom. The van der Waals surface area contributed by atoms with Crippen molar-refractivity contribution in [1.82, 2.24) is 15.4 Å². The minimum Gasteiger partial charge on any atom is -0.284 e. The molecule has 1 saturated carbocycles. The number of rotatable bonds is 5. The van der Waals surface area contributed by atoms with Gasteiger partial charge in [0.15, 0.2) is 0 Å². The van der Waals surface area contributed by atoms with Gasteiger partial charge < -0.3 is 0 Å². The Labute approximate surface area is 119 Å². The zero-order chi connectivity index (χ0) is 15.5. The molecule has 1 N–H and O–H groups in total. The lowest BCUT2D eigenvalue weighted by Crippen LogP contribution is -2.44. The Hall–Kier alpha value is -2.14. The van der Waals surface area contributed by atoms with Crippen molar-refractivity contribution in [1.29, 1.82) is 5.26 Å². The zero-order valence-corrected chi connectivity index (χ0v) is 11.0. The number of hydrazine groups is 1. The summed E-state index contributed by atoms with van der Waals surface area (Å²) in [6.45, 7) is 0.380. The highest BCUT2D eigenvalue weighted by atomic mass is 19.4. The molecule has 1 aliphatic rings. The molecule has 0 unspecified atom stereocenters. The van der Waals surface area contributed by atoms with Crippen molar-refractivity contribution in [3.8, 4) is 6.07 Å². The Bertz CT molecular complexity index is 563. The molecule has 0 saturated heterocycles. The number of hydrogen-bond donors (Lipinski definition) is 1. The molecule has 0 radical (unpaired) electrons. The van der Waals surface area contributed by atoms with Gasteiger partial charge >= 0.3 is 6.18 Å². The topological polar surface area (TPSA) is 69.0 Å². The smallest absolute Gasteiger partial charge is 0.284 e. The van der Waals surface area contributed by atoms with E-state index in [-0.39, 0.29) is 6.54 Å². The molecule has 0 bridgehead atoms. The van der Waals surface area contributed by atoms with Gasteiger partial charge in [-0.15, -0.1) is 0 Å². The summed E-state index contributed by atoms with van der Waals surface area (Å²) in [7, 11) is 0. The number of pyridine rings is 1. The van der Waals surface area contributed by atoms with Crippen LogP contribution in [0.4, 0.5) is 13.2 Å². The molecule has 0 aliphatic heterocycles. The first-order valence-electron chi connectivity index (χ1n) is 6.36. The van der Waals surface area contributed by atoms with Crippen LogP contribution in [0.1, 0.15) is 28.8 Å². The van der Waals surface area contributed by atoms with Crippen LogP contribution in [0.15, 0.2) is 18.5 Å². The summed E-state index contributed by atoms with van der Waals surface area (Å²) < 4.78 is 38.5. The molecule has 0 spiro atoms. The van der Waals surface area contributed by atoms with E-state index < -0.39 is 23.2 Å². The molecule has 8 heteroatoms. The van der Waals surface area contributed by atoms with Crippen LogP contribution in [0.3, 0.4) is 0 Å². The van der Waals surface area contributed by atoms with Crippen LogP contribution in [0.2, 0.25) is 0 Å². The van der Waals surface area contributed by atoms with Crippen LogP contribution in [-0.4, -0.2) is 29.0 Å². The number of carbonyl (C=O) groups is 1. The maximum Gasteiger partial charge on any atom is 0.417 e. The highest BCUT2D eigenvalue weighted by Gasteiger charge is 2.35. The van der Waals surface area contributed by atoms with Crippen molar-refractivity contribution in [2.45, 2.75) is 19.0 Å². The molecule has 1 fully saturated rings. The summed E-state index contributed by atoms with van der Waals surface area (Å²) in [5.41, 5.74) is 0.755. The van der Waals surface area contributed by atoms with Gasteiger partial charge in [-0.3, -0.25) is 15.2 Å². The van der Waals surface area contributed by atoms with E-state index >= 15 is 0 Å². The molecule has 0 atom stereocenters. The van der Waals surface area contributed by atoms with Crippen molar-refractivity contribution >= 4 is 5.91 Å². The number of hydrogen-bond acceptors (Lipinski definition) is 4. The standard InChI is InChI=1S/C13H13F3N4O/c14-13(15,16)11-3-5-18-7-10(11)12(21)19-20(6-4-17)8-9-1-2-9/h3,5,7,9H,1-2,6,8H2,(H,19,21). The van der Waals surface area contributed by atoms with Crippen molar-refractivity contribution in [3.05, 3.63) is 29.6 Å². The van der Waals surface area contributed by atoms with Crippen LogP contribution in [0.25, 0.3) is 0 Å². The van der Waals surface area contributed by atoms with Gasteiger partial charge in [-0.2, -0.15) is 18.4 Å². The van der Waals surface area contributed by atoms with Gasteiger partial charge in [0.05, 0.1) is 17.2 Å². The normalized spacial score (nSPS) is 14.8. The largest absolute Gasteiger partial charge is 0.417 e. The quantitative estimate of drug-likeness (QED) is 0.666. The SMILES string of the molecule is N#CCN(CC1CC1)NC(=O)c1cnccc1C(F)(F)F. The van der Waals surface area contributed by atoms with Gasteiger partial charge in [0.1, 0.15) is 6.54 Å². The Balaban J connectivity index is 2.13. The maximum atomic E-state index is 12.8. The van der Waals surface area contributed by atoms with Crippen LogP contribution in [0, 0.1) is 17.2 Å². The summed E-state index contributed by atoms with van der Waals surface area (Å²) in [4.78, 5) is 15.6. The fourth-order valence-corrected chi connectivity index (χ4v) is 1.87. The van der Waals surface area contributed by atoms with Gasteiger partial charge in [0.25, 0.3) is 5.91 Å². The number of amides is 1. The lowest BCUT2D eigenvalue weighted by molar-refractivity contribution is -0.138. The van der Waals surface area contributed by atoms with E-state index in [9.17, 15) is 18.0 Å². The summed E-state index contributed by atoms with van der Waals surface area (Å²) in [5, 5.41) is 10.0. The molecule has 1 aromatic heterocycles. The van der Waals surface area contributed by atoms with Crippen LogP contribution >= 0.6 is 0 Å². The third-order valence-electron chi connectivity index (χ3n) is 3.07. The first-order chi connectivity index (χ1) is 9.91. The van der Waals surface area contributed by atoms with Gasteiger partial charge in [-0.25, -0.2) is 5.01 Å². The third-order valence-corrected chi connectivity index (χ3v) is 3.07. The highest BCUT2D eigenvalue weighted by Crippen LogP contribution is 2.32. The molecule has 1 aliphatic carbocycles. The maximum absolute atomic E-state index is 12.8. The molecule has 112 valence electrons. The monoisotopic (exact) mass is 298 g/mol.